The van der Waals surface area contributed by atoms with Crippen LogP contribution in [0.15, 0.2) is 15.7 Å². The van der Waals surface area contributed by atoms with Crippen molar-refractivity contribution < 1.29 is 0 Å². The minimum Gasteiger partial charge on any atom is -0.356 e. The van der Waals surface area contributed by atoms with Crippen molar-refractivity contribution in [2.45, 2.75) is 18.9 Å². The Morgan fingerprint density at radius 2 is 2.00 bits per heavy atom. The second-order valence-corrected chi connectivity index (χ2v) is 4.59. The van der Waals surface area contributed by atoms with Gasteiger partial charge in [0, 0.05) is 39.3 Å². The van der Waals surface area contributed by atoms with Gasteiger partial charge in [-0.25, -0.2) is 4.79 Å². The van der Waals surface area contributed by atoms with E-state index in [4.69, 9.17) is 5.73 Å². The van der Waals surface area contributed by atoms with Gasteiger partial charge in [-0.3, -0.25) is 13.9 Å². The first-order valence-corrected chi connectivity index (χ1v) is 5.78. The average molecular weight is 238 g/mol. The van der Waals surface area contributed by atoms with Gasteiger partial charge in [0.05, 0.1) is 0 Å². The van der Waals surface area contributed by atoms with Crippen molar-refractivity contribution in [3.05, 3.63) is 26.9 Å². The quantitative estimate of drug-likeness (QED) is 0.682. The molecular weight excluding hydrogens is 220 g/mol. The Morgan fingerprint density at radius 3 is 2.65 bits per heavy atom. The molecule has 17 heavy (non-hydrogen) atoms. The van der Waals surface area contributed by atoms with Gasteiger partial charge in [-0.05, 0) is 12.8 Å². The molecule has 0 radical (unpaired) electrons. The first-order valence-electron chi connectivity index (χ1n) is 5.78. The summed E-state index contributed by atoms with van der Waals surface area (Å²) in [5, 5.41) is 0. The Bertz CT molecular complexity index is 531. The normalized spacial score (nSPS) is 20.6. The Morgan fingerprint density at radius 1 is 1.29 bits per heavy atom. The number of hydrogen-bond acceptors (Lipinski definition) is 4. The van der Waals surface area contributed by atoms with Gasteiger partial charge in [0.2, 0.25) is 0 Å². The van der Waals surface area contributed by atoms with Gasteiger partial charge in [-0.15, -0.1) is 0 Å². The van der Waals surface area contributed by atoms with Gasteiger partial charge in [0.25, 0.3) is 5.56 Å². The zero-order valence-electron chi connectivity index (χ0n) is 10.2. The standard InChI is InChI=1S/C11H18N4O2/c1-13-9(6-10(16)14(2)11(13)17)15-5-3-4-8(12)7-15/h6,8H,3-5,7,12H2,1-2H3/t8-/m0/s1. The smallest absolute Gasteiger partial charge is 0.332 e. The van der Waals surface area contributed by atoms with Crippen molar-refractivity contribution in [3.63, 3.8) is 0 Å². The number of anilines is 1. The van der Waals surface area contributed by atoms with Gasteiger partial charge in [0.15, 0.2) is 0 Å². The van der Waals surface area contributed by atoms with Gasteiger partial charge >= 0.3 is 5.69 Å². The van der Waals surface area contributed by atoms with Crippen LogP contribution in [0.5, 0.6) is 0 Å². The molecule has 2 heterocycles. The van der Waals surface area contributed by atoms with Gasteiger partial charge in [0.1, 0.15) is 5.82 Å². The molecule has 1 aliphatic heterocycles. The minimum atomic E-state index is -0.299. The SMILES string of the molecule is Cn1c(N2CCC[C@H](N)C2)cc(=O)n(C)c1=O. The monoisotopic (exact) mass is 238 g/mol. The predicted molar refractivity (Wildman–Crippen MR) is 66.3 cm³/mol. The van der Waals surface area contributed by atoms with Crippen LogP contribution < -0.4 is 21.9 Å². The maximum atomic E-state index is 11.8. The molecule has 2 rings (SSSR count). The number of nitrogens with zero attached hydrogens (tertiary/aromatic N) is 3. The summed E-state index contributed by atoms with van der Waals surface area (Å²) in [5.74, 6) is 0.660. The predicted octanol–water partition coefficient (Wildman–Crippen LogP) is -0.988. The zero-order chi connectivity index (χ0) is 12.6. The molecule has 0 amide bonds. The van der Waals surface area contributed by atoms with E-state index in [2.05, 4.69) is 0 Å². The molecule has 1 atom stereocenters. The molecule has 1 saturated heterocycles. The fraction of sp³-hybridized carbons (Fsp3) is 0.636. The highest BCUT2D eigenvalue weighted by Gasteiger charge is 2.20. The third-order valence-electron chi connectivity index (χ3n) is 3.28. The van der Waals surface area contributed by atoms with Crippen LogP contribution in [0.4, 0.5) is 5.82 Å². The molecular formula is C11H18N4O2. The summed E-state index contributed by atoms with van der Waals surface area (Å²) in [6.45, 7) is 1.54. The van der Waals surface area contributed by atoms with E-state index >= 15 is 0 Å². The van der Waals surface area contributed by atoms with Crippen molar-refractivity contribution in [1.29, 1.82) is 0 Å². The van der Waals surface area contributed by atoms with Gasteiger partial charge in [-0.2, -0.15) is 0 Å². The summed E-state index contributed by atoms with van der Waals surface area (Å²) in [7, 11) is 3.16. The van der Waals surface area contributed by atoms with E-state index in [1.54, 1.807) is 7.05 Å². The number of rotatable bonds is 1. The molecule has 1 fully saturated rings. The van der Waals surface area contributed by atoms with Gasteiger partial charge < -0.3 is 10.6 Å². The third kappa shape index (κ3) is 2.12. The van der Waals surface area contributed by atoms with E-state index in [1.807, 2.05) is 4.90 Å². The van der Waals surface area contributed by atoms with Crippen LogP contribution in [-0.2, 0) is 14.1 Å². The Hall–Kier alpha value is -1.56. The number of aromatic nitrogens is 2. The molecule has 1 aromatic heterocycles. The molecule has 6 heteroatoms. The fourth-order valence-corrected chi connectivity index (χ4v) is 2.24. The lowest BCUT2D eigenvalue weighted by molar-refractivity contribution is 0.494. The van der Waals surface area contributed by atoms with Crippen molar-refractivity contribution in [1.82, 2.24) is 9.13 Å². The number of hydrogen-bond donors (Lipinski definition) is 1. The van der Waals surface area contributed by atoms with Crippen LogP contribution in [-0.4, -0.2) is 28.3 Å². The minimum absolute atomic E-state index is 0.114. The molecule has 0 spiro atoms. The van der Waals surface area contributed by atoms with E-state index in [0.717, 1.165) is 24.0 Å². The molecule has 0 aromatic carbocycles. The van der Waals surface area contributed by atoms with Crippen LogP contribution in [0.2, 0.25) is 0 Å². The summed E-state index contributed by atoms with van der Waals surface area (Å²) in [6, 6.07) is 1.61. The van der Waals surface area contributed by atoms with Crippen molar-refractivity contribution in [2.75, 3.05) is 18.0 Å². The van der Waals surface area contributed by atoms with Crippen LogP contribution in [0, 0.1) is 0 Å². The van der Waals surface area contributed by atoms with E-state index < -0.39 is 0 Å². The molecule has 94 valence electrons. The lowest BCUT2D eigenvalue weighted by atomic mass is 10.1. The van der Waals surface area contributed by atoms with E-state index in [-0.39, 0.29) is 17.3 Å². The maximum absolute atomic E-state index is 11.8. The molecule has 2 N–H and O–H groups in total. The molecule has 1 aliphatic rings. The van der Waals surface area contributed by atoms with Crippen molar-refractivity contribution >= 4 is 5.82 Å². The average Bonchev–Trinajstić information content (AvgIpc) is 2.31. The van der Waals surface area contributed by atoms with Crippen LogP contribution in [0.1, 0.15) is 12.8 Å². The summed E-state index contributed by atoms with van der Waals surface area (Å²) in [4.78, 5) is 25.4. The highest BCUT2D eigenvalue weighted by molar-refractivity contribution is 5.39. The first-order chi connectivity index (χ1) is 8.00. The lowest BCUT2D eigenvalue weighted by Crippen LogP contribution is -2.47. The van der Waals surface area contributed by atoms with Gasteiger partial charge in [-0.1, -0.05) is 0 Å². The molecule has 0 unspecified atom stereocenters. The highest BCUT2D eigenvalue weighted by atomic mass is 16.2. The summed E-state index contributed by atoms with van der Waals surface area (Å²) in [5.41, 5.74) is 5.33. The molecule has 1 aromatic rings. The fourth-order valence-electron chi connectivity index (χ4n) is 2.24. The number of nitrogens with two attached hydrogens (primary N) is 1. The van der Waals surface area contributed by atoms with Crippen LogP contribution in [0.25, 0.3) is 0 Å². The number of piperidine rings is 1. The first kappa shape index (κ1) is 11.9. The summed E-state index contributed by atoms with van der Waals surface area (Å²) in [6.07, 6.45) is 1.99. The van der Waals surface area contributed by atoms with E-state index in [9.17, 15) is 9.59 Å². The van der Waals surface area contributed by atoms with Crippen LogP contribution >= 0.6 is 0 Å². The molecule has 0 bridgehead atoms. The van der Waals surface area contributed by atoms with Crippen LogP contribution in [0.3, 0.4) is 0 Å². The maximum Gasteiger partial charge on any atom is 0.332 e. The Balaban J connectivity index is 2.45. The van der Waals surface area contributed by atoms with Crippen molar-refractivity contribution in [3.8, 4) is 0 Å². The Kier molecular flexibility index (Phi) is 3.06. The van der Waals surface area contributed by atoms with Crippen molar-refractivity contribution in [2.24, 2.45) is 19.8 Å². The van der Waals surface area contributed by atoms with E-state index in [1.165, 1.54) is 17.7 Å². The lowest BCUT2D eigenvalue weighted by Gasteiger charge is -2.33. The second kappa shape index (κ2) is 4.37. The summed E-state index contributed by atoms with van der Waals surface area (Å²) >= 11 is 0. The Labute approximate surface area is 99.3 Å². The third-order valence-corrected chi connectivity index (χ3v) is 3.28. The highest BCUT2D eigenvalue weighted by Crippen LogP contribution is 2.15. The topological polar surface area (TPSA) is 73.3 Å². The zero-order valence-corrected chi connectivity index (χ0v) is 10.2. The molecule has 0 aliphatic carbocycles. The summed E-state index contributed by atoms with van der Waals surface area (Å²) < 4.78 is 2.60. The van der Waals surface area contributed by atoms with E-state index in [0.29, 0.717) is 12.4 Å². The largest absolute Gasteiger partial charge is 0.356 e. The molecule has 0 saturated carbocycles. The second-order valence-electron chi connectivity index (χ2n) is 4.59. The molecule has 6 nitrogen and oxygen atoms in total.